The lowest BCUT2D eigenvalue weighted by molar-refractivity contribution is -0.0521. The molecule has 2 aromatic carbocycles. The van der Waals surface area contributed by atoms with Crippen LogP contribution in [0.3, 0.4) is 0 Å². The van der Waals surface area contributed by atoms with E-state index in [1.807, 2.05) is 12.1 Å². The minimum atomic E-state index is -3.03. The van der Waals surface area contributed by atoms with Gasteiger partial charge in [-0.15, -0.1) is 0 Å². The fraction of sp³-hybridized carbons (Fsp3) is 0.613. The third-order valence-electron chi connectivity index (χ3n) is 8.88. The molecule has 0 N–H and O–H groups in total. The van der Waals surface area contributed by atoms with E-state index in [0.717, 1.165) is 17.4 Å². The molecule has 0 amide bonds. The van der Waals surface area contributed by atoms with Crippen LogP contribution in [-0.4, -0.2) is 15.4 Å². The van der Waals surface area contributed by atoms with Crippen LogP contribution in [0.25, 0.3) is 11.1 Å². The van der Waals surface area contributed by atoms with Gasteiger partial charge in [-0.3, -0.25) is 0 Å². The van der Waals surface area contributed by atoms with Gasteiger partial charge in [-0.2, -0.15) is 8.78 Å². The predicted octanol–water partition coefficient (Wildman–Crippen LogP) is 9.98. The second-order valence-electron chi connectivity index (χ2n) is 11.3. The van der Waals surface area contributed by atoms with E-state index in [9.17, 15) is 13.2 Å². The fourth-order valence-electron chi connectivity index (χ4n) is 6.57. The summed E-state index contributed by atoms with van der Waals surface area (Å²) in [7, 11) is -0.384. The van der Waals surface area contributed by atoms with Gasteiger partial charge in [-0.25, -0.2) is 4.39 Å². The van der Waals surface area contributed by atoms with Gasteiger partial charge < -0.3 is 4.74 Å². The minimum Gasteiger partial charge on any atom is -0.432 e. The summed E-state index contributed by atoms with van der Waals surface area (Å²) < 4.78 is 43.0. The number of rotatable bonds is 11. The van der Waals surface area contributed by atoms with Crippen molar-refractivity contribution < 1.29 is 17.9 Å². The van der Waals surface area contributed by atoms with Gasteiger partial charge in [0.2, 0.25) is 0 Å². The summed E-state index contributed by atoms with van der Waals surface area (Å²) in [4.78, 5) is 0. The van der Waals surface area contributed by atoms with Crippen molar-refractivity contribution in [2.45, 2.75) is 108 Å². The number of alkyl halides is 2. The van der Waals surface area contributed by atoms with Crippen LogP contribution >= 0.6 is 0 Å². The van der Waals surface area contributed by atoms with Gasteiger partial charge in [0.15, 0.2) is 11.6 Å². The quantitative estimate of drug-likeness (QED) is 0.213. The highest BCUT2D eigenvalue weighted by Crippen LogP contribution is 2.40. The van der Waals surface area contributed by atoms with Crippen molar-refractivity contribution in [2.24, 2.45) is 11.8 Å². The molecule has 0 aromatic heterocycles. The van der Waals surface area contributed by atoms with Crippen LogP contribution in [0.2, 0.25) is 18.1 Å². The fourth-order valence-corrected chi connectivity index (χ4v) is 10.2. The average molecular weight is 517 g/mol. The normalized spacial score (nSPS) is 24.7. The Kier molecular flexibility index (Phi) is 10.4. The maximum absolute atomic E-state index is 14.1. The summed E-state index contributed by atoms with van der Waals surface area (Å²) >= 11 is 0. The first-order valence-corrected chi connectivity index (χ1v) is 16.8. The highest BCUT2D eigenvalue weighted by molar-refractivity contribution is 6.58. The van der Waals surface area contributed by atoms with Crippen LogP contribution in [-0.2, 0) is 0 Å². The smallest absolute Gasteiger partial charge is 0.387 e. The molecule has 0 spiro atoms. The molecule has 2 aliphatic rings. The molecule has 0 unspecified atom stereocenters. The number of benzene rings is 2. The van der Waals surface area contributed by atoms with E-state index in [-0.39, 0.29) is 8.80 Å². The SMILES string of the molecule is CCCCC[Si@H]1CC[C@H](CC[C@H]2CC[C@H](c3ccc(-c4ccc(OC(F)F)c(F)c4)cc3)CC2)CC1. The maximum atomic E-state index is 14.1. The summed E-state index contributed by atoms with van der Waals surface area (Å²) in [6, 6.07) is 17.3. The molecule has 1 nitrogen and oxygen atoms in total. The van der Waals surface area contributed by atoms with E-state index in [4.69, 9.17) is 0 Å². The largest absolute Gasteiger partial charge is 0.432 e. The van der Waals surface area contributed by atoms with E-state index in [1.54, 1.807) is 24.2 Å². The lowest BCUT2D eigenvalue weighted by Gasteiger charge is -2.32. The third-order valence-corrected chi connectivity index (χ3v) is 12.4. The van der Waals surface area contributed by atoms with E-state index >= 15 is 0 Å². The monoisotopic (exact) mass is 516 g/mol. The number of hydrogen-bond donors (Lipinski definition) is 0. The molecule has 0 bridgehead atoms. The van der Waals surface area contributed by atoms with Crippen molar-refractivity contribution in [3.63, 3.8) is 0 Å². The molecule has 5 heteroatoms. The molecule has 4 rings (SSSR count). The number of halogens is 3. The Morgan fingerprint density at radius 2 is 1.47 bits per heavy atom. The van der Waals surface area contributed by atoms with Crippen LogP contribution in [0.1, 0.15) is 89.0 Å². The summed E-state index contributed by atoms with van der Waals surface area (Å²) in [6.07, 6.45) is 15.4. The van der Waals surface area contributed by atoms with E-state index in [2.05, 4.69) is 23.8 Å². The summed E-state index contributed by atoms with van der Waals surface area (Å²) in [5, 5.41) is 0. The molecule has 0 radical (unpaired) electrons. The molecule has 2 aromatic rings. The van der Waals surface area contributed by atoms with Crippen molar-refractivity contribution >= 4 is 8.80 Å². The number of ether oxygens (including phenoxy) is 1. The zero-order chi connectivity index (χ0) is 25.3. The van der Waals surface area contributed by atoms with Crippen molar-refractivity contribution in [2.75, 3.05) is 0 Å². The molecule has 1 aliphatic heterocycles. The molecule has 36 heavy (non-hydrogen) atoms. The molecule has 1 heterocycles. The topological polar surface area (TPSA) is 9.23 Å². The molecule has 1 aliphatic carbocycles. The highest BCUT2D eigenvalue weighted by atomic mass is 28.3. The second-order valence-corrected chi connectivity index (χ2v) is 14.8. The van der Waals surface area contributed by atoms with Gasteiger partial charge in [0, 0.05) is 8.80 Å². The molecular weight excluding hydrogens is 473 g/mol. The first-order chi connectivity index (χ1) is 17.5. The summed E-state index contributed by atoms with van der Waals surface area (Å²) in [5.74, 6) is 1.33. The summed E-state index contributed by atoms with van der Waals surface area (Å²) in [6.45, 7) is -0.715. The molecule has 198 valence electrons. The Morgan fingerprint density at radius 1 is 0.833 bits per heavy atom. The van der Waals surface area contributed by atoms with Gasteiger partial charge in [0.05, 0.1) is 0 Å². The standard InChI is InChI=1S/C31H43F3OSi/c1-2-3-4-19-36-20-17-24(18-21-36)6-5-23-7-9-25(10-8-23)26-11-13-27(14-12-26)28-15-16-30(29(32)22-28)35-31(33)34/h11-16,22-25,31,36H,2-10,17-21H2,1H3/t23-,24-,25-,36-. The Hall–Kier alpha value is -1.75. The van der Waals surface area contributed by atoms with E-state index in [1.165, 1.54) is 88.3 Å². The lowest BCUT2D eigenvalue weighted by Crippen LogP contribution is -2.22. The van der Waals surface area contributed by atoms with Crippen molar-refractivity contribution in [3.05, 3.63) is 53.8 Å². The lowest BCUT2D eigenvalue weighted by atomic mass is 9.76. The zero-order valence-electron chi connectivity index (χ0n) is 21.9. The molecule has 0 atom stereocenters. The Balaban J connectivity index is 1.19. The van der Waals surface area contributed by atoms with Gasteiger partial charge in [-0.05, 0) is 72.3 Å². The van der Waals surface area contributed by atoms with Gasteiger partial charge >= 0.3 is 6.61 Å². The molecule has 1 saturated carbocycles. The van der Waals surface area contributed by atoms with Gasteiger partial charge in [-0.1, -0.05) is 100 Å². The van der Waals surface area contributed by atoms with Crippen LogP contribution in [0, 0.1) is 17.7 Å². The molecule has 1 saturated heterocycles. The number of hydrogen-bond acceptors (Lipinski definition) is 1. The predicted molar refractivity (Wildman–Crippen MR) is 146 cm³/mol. The van der Waals surface area contributed by atoms with Crippen LogP contribution in [0.4, 0.5) is 13.2 Å². The first-order valence-electron chi connectivity index (χ1n) is 14.4. The summed E-state index contributed by atoms with van der Waals surface area (Å²) in [5.41, 5.74) is 2.92. The van der Waals surface area contributed by atoms with Crippen LogP contribution < -0.4 is 4.74 Å². The Labute approximate surface area is 217 Å². The van der Waals surface area contributed by atoms with Gasteiger partial charge in [0.25, 0.3) is 0 Å². The zero-order valence-corrected chi connectivity index (χ0v) is 23.0. The molecular formula is C31H43F3OSi. The maximum Gasteiger partial charge on any atom is 0.387 e. The van der Waals surface area contributed by atoms with E-state index < -0.39 is 18.2 Å². The number of unbranched alkanes of at least 4 members (excludes halogenated alkanes) is 2. The average Bonchev–Trinajstić information content (AvgIpc) is 2.90. The van der Waals surface area contributed by atoms with Crippen molar-refractivity contribution in [1.29, 1.82) is 0 Å². The first kappa shape index (κ1) is 27.3. The van der Waals surface area contributed by atoms with Crippen LogP contribution in [0.5, 0.6) is 5.75 Å². The van der Waals surface area contributed by atoms with Crippen molar-refractivity contribution in [1.82, 2.24) is 0 Å². The molecule has 2 fully saturated rings. The Bertz CT molecular complexity index is 916. The third kappa shape index (κ3) is 7.87. The second kappa shape index (κ2) is 13.7. The van der Waals surface area contributed by atoms with Crippen molar-refractivity contribution in [3.8, 4) is 16.9 Å². The minimum absolute atomic E-state index is 0.384. The van der Waals surface area contributed by atoms with Crippen LogP contribution in [0.15, 0.2) is 42.5 Å². The highest BCUT2D eigenvalue weighted by Gasteiger charge is 2.25. The Morgan fingerprint density at radius 3 is 2.08 bits per heavy atom. The van der Waals surface area contributed by atoms with E-state index in [0.29, 0.717) is 11.5 Å². The van der Waals surface area contributed by atoms with Gasteiger partial charge in [0.1, 0.15) is 0 Å².